The second-order valence-electron chi connectivity index (χ2n) is 6.97. The average Bonchev–Trinajstić information content (AvgIpc) is 2.63. The number of halogens is 1. The monoisotopic (exact) mass is 344 g/mol. The first-order valence-electron chi connectivity index (χ1n) is 9.25. The molecule has 1 fully saturated rings. The van der Waals surface area contributed by atoms with E-state index in [1.54, 1.807) is 4.90 Å². The predicted octanol–water partition coefficient (Wildman–Crippen LogP) is 2.45. The normalized spacial score (nSPS) is 22.2. The van der Waals surface area contributed by atoms with Gasteiger partial charge in [-0.25, -0.2) is 0 Å². The summed E-state index contributed by atoms with van der Waals surface area (Å²) in [4.78, 5) is 1.78. The van der Waals surface area contributed by atoms with Crippen molar-refractivity contribution in [2.45, 2.75) is 38.3 Å². The van der Waals surface area contributed by atoms with E-state index in [2.05, 4.69) is 54.7 Å². The second kappa shape index (κ2) is 8.66. The molecule has 1 aliphatic heterocycles. The highest BCUT2D eigenvalue weighted by Crippen LogP contribution is 2.21. The Bertz CT molecular complexity index is 603. The Morgan fingerprint density at radius 3 is 2.25 bits per heavy atom. The maximum absolute atomic E-state index is 6.09. The van der Waals surface area contributed by atoms with Crippen LogP contribution in [0.1, 0.15) is 43.4 Å². The Balaban J connectivity index is 1.73. The summed E-state index contributed by atoms with van der Waals surface area (Å²) in [5, 5.41) is 3.39. The summed E-state index contributed by atoms with van der Waals surface area (Å²) < 4.78 is 0. The molecule has 1 heterocycles. The van der Waals surface area contributed by atoms with Gasteiger partial charge in [0.2, 0.25) is 0 Å². The van der Waals surface area contributed by atoms with Crippen LogP contribution in [-0.2, 0) is 0 Å². The molecule has 0 unspecified atom stereocenters. The number of nitrogens with two attached hydrogens (primary N) is 1. The lowest BCUT2D eigenvalue weighted by Crippen LogP contribution is -3.14. The van der Waals surface area contributed by atoms with Gasteiger partial charge in [0.25, 0.3) is 0 Å². The molecule has 1 saturated heterocycles. The van der Waals surface area contributed by atoms with Gasteiger partial charge in [-0.15, -0.1) is 0 Å². The van der Waals surface area contributed by atoms with E-state index in [0.717, 1.165) is 5.02 Å². The van der Waals surface area contributed by atoms with E-state index in [1.165, 1.54) is 50.0 Å². The van der Waals surface area contributed by atoms with Crippen LogP contribution in [0.3, 0.4) is 0 Å². The number of hydrogen-bond acceptors (Lipinski definition) is 0. The molecule has 2 aromatic carbocycles. The highest BCUT2D eigenvalue weighted by Gasteiger charge is 2.28. The minimum absolute atomic E-state index is 0.362. The number of quaternary nitrogens is 2. The van der Waals surface area contributed by atoms with Gasteiger partial charge < -0.3 is 10.2 Å². The number of rotatable bonds is 6. The summed E-state index contributed by atoms with van der Waals surface area (Å²) in [6.45, 7) is 6.25. The van der Waals surface area contributed by atoms with Crippen LogP contribution in [0.4, 0.5) is 0 Å². The van der Waals surface area contributed by atoms with E-state index in [1.807, 2.05) is 12.1 Å². The van der Waals surface area contributed by atoms with Gasteiger partial charge in [0.1, 0.15) is 6.04 Å². The fraction of sp³-hybridized carbons (Fsp3) is 0.429. The van der Waals surface area contributed by atoms with E-state index >= 15 is 0 Å². The Kier molecular flexibility index (Phi) is 6.30. The zero-order valence-electron chi connectivity index (χ0n) is 14.5. The molecule has 0 amide bonds. The maximum atomic E-state index is 6.09. The third-order valence-electron chi connectivity index (χ3n) is 5.19. The summed E-state index contributed by atoms with van der Waals surface area (Å²) in [5.41, 5.74) is 2.72. The number of hydrogen-bond donors (Lipinski definition) is 2. The maximum Gasteiger partial charge on any atom is 0.137 e. The van der Waals surface area contributed by atoms with Crippen LogP contribution in [0.5, 0.6) is 0 Å². The van der Waals surface area contributed by atoms with Gasteiger partial charge >= 0.3 is 0 Å². The number of likely N-dealkylation sites (tertiary alicyclic amines) is 1. The van der Waals surface area contributed by atoms with E-state index in [-0.39, 0.29) is 0 Å². The van der Waals surface area contributed by atoms with Crippen molar-refractivity contribution in [3.8, 4) is 0 Å². The molecule has 1 aliphatic rings. The first-order chi connectivity index (χ1) is 11.8. The molecule has 0 bridgehead atoms. The van der Waals surface area contributed by atoms with Gasteiger partial charge in [-0.1, -0.05) is 61.0 Å². The fourth-order valence-electron chi connectivity index (χ4n) is 3.86. The zero-order valence-corrected chi connectivity index (χ0v) is 15.3. The van der Waals surface area contributed by atoms with Crippen LogP contribution in [0.15, 0.2) is 54.6 Å². The van der Waals surface area contributed by atoms with Gasteiger partial charge in [0.15, 0.2) is 0 Å². The molecule has 0 saturated carbocycles. The van der Waals surface area contributed by atoms with Crippen LogP contribution in [0, 0.1) is 0 Å². The van der Waals surface area contributed by atoms with Crippen molar-refractivity contribution in [1.29, 1.82) is 0 Å². The van der Waals surface area contributed by atoms with Gasteiger partial charge in [-0.2, -0.15) is 0 Å². The van der Waals surface area contributed by atoms with Crippen molar-refractivity contribution in [1.82, 2.24) is 0 Å². The van der Waals surface area contributed by atoms with E-state index in [9.17, 15) is 0 Å². The van der Waals surface area contributed by atoms with Crippen molar-refractivity contribution in [2.75, 3.05) is 19.6 Å². The number of piperidine rings is 1. The van der Waals surface area contributed by atoms with E-state index in [4.69, 9.17) is 11.6 Å². The minimum Gasteiger partial charge on any atom is -0.335 e. The number of benzene rings is 2. The summed E-state index contributed by atoms with van der Waals surface area (Å²) in [6.07, 6.45) is 3.92. The molecule has 0 aliphatic carbocycles. The summed E-state index contributed by atoms with van der Waals surface area (Å²) in [7, 11) is 0. The van der Waals surface area contributed by atoms with Crippen LogP contribution < -0.4 is 10.2 Å². The molecule has 3 heteroatoms. The Morgan fingerprint density at radius 1 is 1.00 bits per heavy atom. The summed E-state index contributed by atoms with van der Waals surface area (Å²) in [6, 6.07) is 20.3. The van der Waals surface area contributed by atoms with Gasteiger partial charge in [0.05, 0.1) is 25.7 Å². The van der Waals surface area contributed by atoms with Crippen molar-refractivity contribution in [3.63, 3.8) is 0 Å². The minimum atomic E-state index is 0.362. The first-order valence-corrected chi connectivity index (χ1v) is 9.63. The Labute approximate surface area is 150 Å². The number of nitrogens with one attached hydrogen (secondary N) is 1. The van der Waals surface area contributed by atoms with Crippen molar-refractivity contribution >= 4 is 11.6 Å². The molecule has 128 valence electrons. The molecule has 0 spiro atoms. The van der Waals surface area contributed by atoms with Crippen molar-refractivity contribution < 1.29 is 10.2 Å². The molecule has 0 aromatic heterocycles. The second-order valence-corrected chi connectivity index (χ2v) is 7.41. The molecule has 3 rings (SSSR count). The quantitative estimate of drug-likeness (QED) is 0.803. The van der Waals surface area contributed by atoms with Gasteiger partial charge in [0, 0.05) is 29.0 Å². The van der Waals surface area contributed by atoms with Crippen molar-refractivity contribution in [3.05, 3.63) is 70.7 Å². The largest absolute Gasteiger partial charge is 0.335 e. The Morgan fingerprint density at radius 2 is 1.62 bits per heavy atom. The van der Waals surface area contributed by atoms with Gasteiger partial charge in [-0.3, -0.25) is 0 Å². The highest BCUT2D eigenvalue weighted by atomic mass is 35.5. The highest BCUT2D eigenvalue weighted by molar-refractivity contribution is 6.30. The lowest BCUT2D eigenvalue weighted by atomic mass is 9.95. The fourth-order valence-corrected chi connectivity index (χ4v) is 3.99. The SMILES string of the molecule is CCC[NH+]1CCC([NH2+][C@H](c2ccccc2)c2ccc(Cl)cc2)CC1. The third-order valence-corrected chi connectivity index (χ3v) is 5.45. The molecular formula is C21H29ClN2+2. The molecule has 1 atom stereocenters. The third kappa shape index (κ3) is 4.60. The summed E-state index contributed by atoms with van der Waals surface area (Å²) >= 11 is 6.09. The smallest absolute Gasteiger partial charge is 0.137 e. The summed E-state index contributed by atoms with van der Waals surface area (Å²) in [5.74, 6) is 0. The van der Waals surface area contributed by atoms with Crippen LogP contribution in [-0.4, -0.2) is 25.7 Å². The van der Waals surface area contributed by atoms with Crippen LogP contribution >= 0.6 is 11.6 Å². The average molecular weight is 345 g/mol. The van der Waals surface area contributed by atoms with Gasteiger partial charge in [-0.05, 0) is 18.6 Å². The topological polar surface area (TPSA) is 21.1 Å². The molecular weight excluding hydrogens is 316 g/mol. The zero-order chi connectivity index (χ0) is 16.8. The molecule has 2 aromatic rings. The molecule has 3 N–H and O–H groups in total. The Hall–Kier alpha value is -1.35. The molecule has 2 nitrogen and oxygen atoms in total. The van der Waals surface area contributed by atoms with Crippen molar-refractivity contribution in [2.24, 2.45) is 0 Å². The van der Waals surface area contributed by atoms with Crippen LogP contribution in [0.2, 0.25) is 5.02 Å². The molecule has 0 radical (unpaired) electrons. The van der Waals surface area contributed by atoms with Crippen LogP contribution in [0.25, 0.3) is 0 Å². The predicted molar refractivity (Wildman–Crippen MR) is 101 cm³/mol. The van der Waals surface area contributed by atoms with E-state index < -0.39 is 0 Å². The van der Waals surface area contributed by atoms with E-state index in [0.29, 0.717) is 12.1 Å². The molecule has 24 heavy (non-hydrogen) atoms. The first kappa shape index (κ1) is 17.5. The lowest BCUT2D eigenvalue weighted by Gasteiger charge is -2.30. The standard InChI is InChI=1S/C21H27ClN2/c1-2-14-24-15-12-20(13-16-24)23-21(17-6-4-3-5-7-17)18-8-10-19(22)11-9-18/h3-11,20-21,23H,2,12-16H2,1H3/p+2/t21-/m1/s1. The lowest BCUT2D eigenvalue weighted by molar-refractivity contribution is -0.914.